The molecule has 0 aliphatic rings. The first-order valence-electron chi connectivity index (χ1n) is 8.46. The van der Waals surface area contributed by atoms with Gasteiger partial charge in [0, 0.05) is 22.1 Å². The summed E-state index contributed by atoms with van der Waals surface area (Å²) in [5, 5.41) is 13.0. The van der Waals surface area contributed by atoms with Gasteiger partial charge in [0.15, 0.2) is 0 Å². The van der Waals surface area contributed by atoms with Gasteiger partial charge in [-0.1, -0.05) is 45.2 Å². The van der Waals surface area contributed by atoms with Crippen LogP contribution in [-0.4, -0.2) is 11.1 Å². The summed E-state index contributed by atoms with van der Waals surface area (Å²) in [5.41, 5.74) is 1.64. The van der Waals surface area contributed by atoms with Gasteiger partial charge in [-0.2, -0.15) is 0 Å². The van der Waals surface area contributed by atoms with Crippen molar-refractivity contribution in [1.29, 1.82) is 0 Å². The Balaban J connectivity index is 1.79. The number of rotatable bonds is 7. The van der Waals surface area contributed by atoms with E-state index in [1.54, 1.807) is 18.2 Å². The maximum Gasteiger partial charge on any atom is 0.335 e. The second kappa shape index (κ2) is 9.48. The summed E-state index contributed by atoms with van der Waals surface area (Å²) in [6, 6.07) is 14.3. The van der Waals surface area contributed by atoms with E-state index >= 15 is 0 Å². The number of carboxylic acids is 1. The Morgan fingerprint density at radius 3 is 2.62 bits per heavy atom. The van der Waals surface area contributed by atoms with E-state index in [9.17, 15) is 9.18 Å². The van der Waals surface area contributed by atoms with Gasteiger partial charge in [-0.25, -0.2) is 9.18 Å². The lowest BCUT2D eigenvalue weighted by Gasteiger charge is -2.15. The number of anilines is 1. The van der Waals surface area contributed by atoms with E-state index in [1.165, 1.54) is 30.3 Å². The molecule has 0 aliphatic carbocycles. The molecule has 2 N–H and O–H groups in total. The van der Waals surface area contributed by atoms with Crippen LogP contribution >= 0.6 is 39.1 Å². The van der Waals surface area contributed by atoms with Gasteiger partial charge in [0.05, 0.1) is 21.3 Å². The normalized spacial score (nSPS) is 10.6. The molecule has 150 valence electrons. The monoisotopic (exact) mass is 497 g/mol. The fourth-order valence-corrected chi connectivity index (χ4v) is 3.44. The van der Waals surface area contributed by atoms with Crippen molar-refractivity contribution in [3.8, 4) is 5.75 Å². The molecule has 3 aromatic rings. The minimum atomic E-state index is -1.04. The fourth-order valence-electron chi connectivity index (χ4n) is 2.63. The van der Waals surface area contributed by atoms with Gasteiger partial charge in [-0.05, 0) is 48.5 Å². The Morgan fingerprint density at radius 2 is 1.90 bits per heavy atom. The second-order valence-corrected chi connectivity index (χ2v) is 7.82. The van der Waals surface area contributed by atoms with Crippen molar-refractivity contribution in [2.45, 2.75) is 13.2 Å². The van der Waals surface area contributed by atoms with Gasteiger partial charge in [0.1, 0.15) is 18.2 Å². The maximum atomic E-state index is 14.0. The average Bonchev–Trinajstić information content (AvgIpc) is 2.68. The molecule has 0 heterocycles. The molecule has 0 bridgehead atoms. The smallest absolute Gasteiger partial charge is 0.335 e. The maximum absolute atomic E-state index is 14.0. The predicted octanol–water partition coefficient (Wildman–Crippen LogP) is 6.78. The number of carbonyl (C=O) groups is 1. The zero-order valence-corrected chi connectivity index (χ0v) is 18.0. The molecule has 0 atom stereocenters. The Morgan fingerprint density at radius 1 is 1.10 bits per heavy atom. The number of halogens is 4. The highest BCUT2D eigenvalue weighted by atomic mass is 79.9. The van der Waals surface area contributed by atoms with E-state index < -0.39 is 11.8 Å². The molecule has 0 saturated carbocycles. The van der Waals surface area contributed by atoms with E-state index in [4.69, 9.17) is 33.0 Å². The lowest BCUT2D eigenvalue weighted by Crippen LogP contribution is -2.06. The molecule has 4 nitrogen and oxygen atoms in total. The van der Waals surface area contributed by atoms with E-state index in [1.807, 2.05) is 6.07 Å². The lowest BCUT2D eigenvalue weighted by molar-refractivity contribution is 0.0697. The lowest BCUT2D eigenvalue weighted by atomic mass is 10.1. The molecule has 0 amide bonds. The van der Waals surface area contributed by atoms with Crippen LogP contribution in [0.25, 0.3) is 0 Å². The molecular formula is C21H15BrCl2FNO3. The molecule has 0 unspecified atom stereocenters. The summed E-state index contributed by atoms with van der Waals surface area (Å²) in [4.78, 5) is 11.2. The quantitative estimate of drug-likeness (QED) is 0.376. The standard InChI is InChI=1S/C21H15BrCl2FNO3/c22-14-5-7-20(29-11-15-16(23)2-1-3-18(15)25)13(8-14)10-26-19-9-12(21(27)28)4-6-17(19)24/h1-9,26H,10-11H2,(H,27,28). The van der Waals surface area contributed by atoms with E-state index in [2.05, 4.69) is 21.2 Å². The molecule has 29 heavy (non-hydrogen) atoms. The van der Waals surface area contributed by atoms with Crippen LogP contribution in [0.4, 0.5) is 10.1 Å². The Labute approximate surface area is 185 Å². The van der Waals surface area contributed by atoms with Gasteiger partial charge in [-0.15, -0.1) is 0 Å². The third-order valence-electron chi connectivity index (χ3n) is 4.14. The van der Waals surface area contributed by atoms with Crippen molar-refractivity contribution in [1.82, 2.24) is 0 Å². The molecule has 0 fully saturated rings. The highest BCUT2D eigenvalue weighted by Crippen LogP contribution is 2.29. The number of aromatic carboxylic acids is 1. The van der Waals surface area contributed by atoms with Crippen molar-refractivity contribution in [2.75, 3.05) is 5.32 Å². The van der Waals surface area contributed by atoms with Crippen molar-refractivity contribution in [3.05, 3.63) is 91.6 Å². The van der Waals surface area contributed by atoms with Crippen LogP contribution in [0.1, 0.15) is 21.5 Å². The topological polar surface area (TPSA) is 58.6 Å². The van der Waals surface area contributed by atoms with Crippen LogP contribution in [-0.2, 0) is 13.2 Å². The summed E-state index contributed by atoms with van der Waals surface area (Å²) in [6.07, 6.45) is 0. The summed E-state index contributed by atoms with van der Waals surface area (Å²) >= 11 is 15.6. The summed E-state index contributed by atoms with van der Waals surface area (Å²) in [7, 11) is 0. The van der Waals surface area contributed by atoms with Crippen LogP contribution < -0.4 is 10.1 Å². The predicted molar refractivity (Wildman–Crippen MR) is 116 cm³/mol. The number of ether oxygens (including phenoxy) is 1. The first kappa shape index (κ1) is 21.4. The highest BCUT2D eigenvalue weighted by molar-refractivity contribution is 9.10. The zero-order valence-electron chi connectivity index (χ0n) is 14.9. The highest BCUT2D eigenvalue weighted by Gasteiger charge is 2.12. The van der Waals surface area contributed by atoms with Gasteiger partial charge >= 0.3 is 5.97 Å². The van der Waals surface area contributed by atoms with Crippen LogP contribution in [0.2, 0.25) is 10.0 Å². The number of hydrogen-bond acceptors (Lipinski definition) is 3. The van der Waals surface area contributed by atoms with Crippen LogP contribution in [0, 0.1) is 5.82 Å². The Bertz CT molecular complexity index is 1040. The summed E-state index contributed by atoms with van der Waals surface area (Å²) in [5.74, 6) is -0.949. The minimum Gasteiger partial charge on any atom is -0.488 e. The molecule has 0 aliphatic heterocycles. The SMILES string of the molecule is O=C(O)c1ccc(Cl)c(NCc2cc(Br)ccc2OCc2c(F)cccc2Cl)c1. The van der Waals surface area contributed by atoms with E-state index in [-0.39, 0.29) is 17.7 Å². The van der Waals surface area contributed by atoms with Gasteiger partial charge in [0.25, 0.3) is 0 Å². The van der Waals surface area contributed by atoms with Crippen LogP contribution in [0.3, 0.4) is 0 Å². The molecule has 3 aromatic carbocycles. The average molecular weight is 499 g/mol. The van der Waals surface area contributed by atoms with Gasteiger partial charge in [0.2, 0.25) is 0 Å². The first-order chi connectivity index (χ1) is 13.8. The first-order valence-corrected chi connectivity index (χ1v) is 10.0. The number of benzene rings is 3. The summed E-state index contributed by atoms with van der Waals surface area (Å²) in [6.45, 7) is 0.276. The van der Waals surface area contributed by atoms with Gasteiger partial charge < -0.3 is 15.2 Å². The Hall–Kier alpha value is -2.28. The molecule has 8 heteroatoms. The fraction of sp³-hybridized carbons (Fsp3) is 0.0952. The second-order valence-electron chi connectivity index (χ2n) is 6.09. The minimum absolute atomic E-state index is 0.0323. The van der Waals surface area contributed by atoms with Crippen molar-refractivity contribution in [3.63, 3.8) is 0 Å². The van der Waals surface area contributed by atoms with E-state index in [0.717, 1.165) is 10.0 Å². The summed E-state index contributed by atoms with van der Waals surface area (Å²) < 4.78 is 20.6. The van der Waals surface area contributed by atoms with Crippen LogP contribution in [0.15, 0.2) is 59.1 Å². The van der Waals surface area contributed by atoms with Crippen molar-refractivity contribution in [2.24, 2.45) is 0 Å². The van der Waals surface area contributed by atoms with Crippen molar-refractivity contribution >= 4 is 50.8 Å². The third-order valence-corrected chi connectivity index (χ3v) is 5.32. The molecule has 0 aromatic heterocycles. The third kappa shape index (κ3) is 5.41. The molecule has 3 rings (SSSR count). The number of hydrogen-bond donors (Lipinski definition) is 2. The van der Waals surface area contributed by atoms with Crippen molar-refractivity contribution < 1.29 is 19.0 Å². The molecular weight excluding hydrogens is 484 g/mol. The molecule has 0 radical (unpaired) electrons. The van der Waals surface area contributed by atoms with E-state index in [0.29, 0.717) is 28.0 Å². The van der Waals surface area contributed by atoms with Gasteiger partial charge in [-0.3, -0.25) is 0 Å². The number of carboxylic acid groups (broad SMARTS) is 1. The number of nitrogens with one attached hydrogen (secondary N) is 1. The molecule has 0 spiro atoms. The Kier molecular flexibility index (Phi) is 7.00. The molecule has 0 saturated heterocycles. The largest absolute Gasteiger partial charge is 0.488 e. The zero-order chi connectivity index (χ0) is 21.0. The van der Waals surface area contributed by atoms with Crippen LogP contribution in [0.5, 0.6) is 5.75 Å².